The number of carbonyl (C=O) groups excluding carboxylic acids is 1. The van der Waals surface area contributed by atoms with Crippen LogP contribution in [0.1, 0.15) is 35.4 Å². The molecule has 0 saturated carbocycles. The van der Waals surface area contributed by atoms with E-state index in [1.54, 1.807) is 26.2 Å². The summed E-state index contributed by atoms with van der Waals surface area (Å²) in [6, 6.07) is 9.08. The summed E-state index contributed by atoms with van der Waals surface area (Å²) in [7, 11) is 3.41. The summed E-state index contributed by atoms with van der Waals surface area (Å²) < 4.78 is 1.91. The van der Waals surface area contributed by atoms with Crippen LogP contribution in [-0.4, -0.2) is 58.6 Å². The lowest BCUT2D eigenvalue weighted by Crippen LogP contribution is -2.44. The van der Waals surface area contributed by atoms with Gasteiger partial charge in [0, 0.05) is 57.4 Å². The van der Waals surface area contributed by atoms with E-state index in [1.807, 2.05) is 16.7 Å². The SMILES string of the molecule is CC(=O)O.CN(C)C(=O)c1cccc(-c2cc3n(c(=O)c2)C[C@@H]2CNC[C@H]3C2)n1. The second kappa shape index (κ2) is 8.57. The summed E-state index contributed by atoms with van der Waals surface area (Å²) in [6.07, 6.45) is 1.13. The van der Waals surface area contributed by atoms with Crippen LogP contribution >= 0.6 is 0 Å². The van der Waals surface area contributed by atoms with Crippen LogP contribution in [0.2, 0.25) is 0 Å². The molecule has 0 unspecified atom stereocenters. The van der Waals surface area contributed by atoms with Crippen LogP contribution < -0.4 is 10.9 Å². The summed E-state index contributed by atoms with van der Waals surface area (Å²) in [5.74, 6) is -0.0726. The topological polar surface area (TPSA) is 105 Å². The molecule has 2 aromatic heterocycles. The number of carboxylic acids is 1. The average molecular weight is 398 g/mol. The van der Waals surface area contributed by atoms with E-state index in [-0.39, 0.29) is 11.5 Å². The number of amides is 1. The Balaban J connectivity index is 0.000000552. The Morgan fingerprint density at radius 2 is 1.97 bits per heavy atom. The molecule has 0 spiro atoms. The molecule has 154 valence electrons. The second-order valence-electron chi connectivity index (χ2n) is 7.70. The normalized spacial score (nSPS) is 19.4. The molecule has 8 heteroatoms. The molecule has 2 aliphatic heterocycles. The number of carbonyl (C=O) groups is 2. The van der Waals surface area contributed by atoms with E-state index in [0.717, 1.165) is 44.2 Å². The zero-order chi connectivity index (χ0) is 21.1. The minimum absolute atomic E-state index is 0.0234. The van der Waals surface area contributed by atoms with Gasteiger partial charge in [0.05, 0.1) is 5.69 Å². The second-order valence-corrected chi connectivity index (χ2v) is 7.70. The van der Waals surface area contributed by atoms with E-state index in [4.69, 9.17) is 9.90 Å². The molecular formula is C21H26N4O4. The van der Waals surface area contributed by atoms with Crippen molar-refractivity contribution in [3.8, 4) is 11.3 Å². The number of carboxylic acid groups (broad SMARTS) is 1. The van der Waals surface area contributed by atoms with Crippen LogP contribution in [-0.2, 0) is 11.3 Å². The predicted molar refractivity (Wildman–Crippen MR) is 109 cm³/mol. The Hall–Kier alpha value is -3.00. The number of aliphatic carboxylic acids is 1. The summed E-state index contributed by atoms with van der Waals surface area (Å²) >= 11 is 0. The molecule has 0 aliphatic carbocycles. The van der Waals surface area contributed by atoms with Gasteiger partial charge in [-0.05, 0) is 37.1 Å². The molecule has 2 aliphatic rings. The molecule has 2 aromatic rings. The van der Waals surface area contributed by atoms with Gasteiger partial charge in [0.15, 0.2) is 0 Å². The highest BCUT2D eigenvalue weighted by Crippen LogP contribution is 2.33. The third kappa shape index (κ3) is 4.71. The number of hydrogen-bond acceptors (Lipinski definition) is 5. The average Bonchev–Trinajstić information content (AvgIpc) is 2.68. The quantitative estimate of drug-likeness (QED) is 0.793. The van der Waals surface area contributed by atoms with Gasteiger partial charge in [-0.3, -0.25) is 14.4 Å². The van der Waals surface area contributed by atoms with Crippen molar-refractivity contribution in [2.75, 3.05) is 27.2 Å². The van der Waals surface area contributed by atoms with E-state index in [2.05, 4.69) is 16.4 Å². The molecule has 1 saturated heterocycles. The Morgan fingerprint density at radius 3 is 2.66 bits per heavy atom. The Bertz CT molecular complexity index is 979. The van der Waals surface area contributed by atoms with E-state index in [0.29, 0.717) is 23.2 Å². The molecule has 2 atom stereocenters. The van der Waals surface area contributed by atoms with Crippen LogP contribution in [0.3, 0.4) is 0 Å². The first-order valence-electron chi connectivity index (χ1n) is 9.60. The Kier molecular flexibility index (Phi) is 6.12. The van der Waals surface area contributed by atoms with Gasteiger partial charge in [-0.1, -0.05) is 6.07 Å². The molecule has 1 fully saturated rings. The first kappa shape index (κ1) is 20.7. The van der Waals surface area contributed by atoms with Gasteiger partial charge in [-0.2, -0.15) is 0 Å². The Labute approximate surface area is 169 Å². The molecule has 0 aromatic carbocycles. The van der Waals surface area contributed by atoms with Gasteiger partial charge in [0.25, 0.3) is 17.4 Å². The summed E-state index contributed by atoms with van der Waals surface area (Å²) in [6.45, 7) is 3.76. The number of fused-ring (bicyclic) bond motifs is 4. The number of aromatic nitrogens is 2. The third-order valence-corrected chi connectivity index (χ3v) is 5.13. The van der Waals surface area contributed by atoms with Crippen molar-refractivity contribution in [1.82, 2.24) is 19.8 Å². The Morgan fingerprint density at radius 1 is 1.24 bits per heavy atom. The zero-order valence-corrected chi connectivity index (χ0v) is 16.9. The van der Waals surface area contributed by atoms with E-state index in [1.165, 1.54) is 4.90 Å². The maximum atomic E-state index is 12.7. The van der Waals surface area contributed by atoms with Crippen molar-refractivity contribution in [3.05, 3.63) is 52.1 Å². The highest BCUT2D eigenvalue weighted by molar-refractivity contribution is 5.92. The van der Waals surface area contributed by atoms with Crippen LogP contribution in [0.4, 0.5) is 0 Å². The monoisotopic (exact) mass is 398 g/mol. The summed E-state index contributed by atoms with van der Waals surface area (Å²) in [5.41, 5.74) is 2.94. The number of piperidine rings is 1. The van der Waals surface area contributed by atoms with Gasteiger partial charge in [-0.15, -0.1) is 0 Å². The molecule has 2 N–H and O–H groups in total. The van der Waals surface area contributed by atoms with Crippen LogP contribution in [0.5, 0.6) is 0 Å². The van der Waals surface area contributed by atoms with E-state index < -0.39 is 5.97 Å². The van der Waals surface area contributed by atoms with Crippen molar-refractivity contribution in [3.63, 3.8) is 0 Å². The van der Waals surface area contributed by atoms with E-state index in [9.17, 15) is 9.59 Å². The van der Waals surface area contributed by atoms with Gasteiger partial charge < -0.3 is 19.9 Å². The number of nitrogens with one attached hydrogen (secondary N) is 1. The van der Waals surface area contributed by atoms with Gasteiger partial charge >= 0.3 is 0 Å². The van der Waals surface area contributed by atoms with Gasteiger partial charge in [0.1, 0.15) is 5.69 Å². The molecule has 29 heavy (non-hydrogen) atoms. The zero-order valence-electron chi connectivity index (χ0n) is 16.9. The number of nitrogens with zero attached hydrogens (tertiary/aromatic N) is 3. The maximum Gasteiger partial charge on any atom is 0.300 e. The lowest BCUT2D eigenvalue weighted by atomic mass is 9.83. The fraction of sp³-hybridized carbons (Fsp3) is 0.429. The van der Waals surface area contributed by atoms with Crippen LogP contribution in [0.15, 0.2) is 35.1 Å². The standard InChI is InChI=1S/C19H22N4O2.C2H4O2/c1-22(2)19(25)16-5-3-4-15(21-16)13-7-17-14-6-12(9-20-10-14)11-23(17)18(24)8-13;1-2(3)4/h3-5,7-8,12,14,20H,6,9-11H2,1-2H3;1H3,(H,3,4)/t12-,14+;/m0./s1. The van der Waals surface area contributed by atoms with Gasteiger partial charge in [-0.25, -0.2) is 4.98 Å². The predicted octanol–water partition coefficient (Wildman–Crippen LogP) is 1.41. The van der Waals surface area contributed by atoms with Crippen LogP contribution in [0, 0.1) is 5.92 Å². The highest BCUT2D eigenvalue weighted by Gasteiger charge is 2.31. The molecule has 4 rings (SSSR count). The van der Waals surface area contributed by atoms with Crippen molar-refractivity contribution >= 4 is 11.9 Å². The molecular weight excluding hydrogens is 372 g/mol. The minimum Gasteiger partial charge on any atom is -0.481 e. The molecule has 4 heterocycles. The number of rotatable bonds is 2. The summed E-state index contributed by atoms with van der Waals surface area (Å²) in [5, 5.41) is 10.9. The summed E-state index contributed by atoms with van der Waals surface area (Å²) in [4.78, 5) is 39.8. The van der Waals surface area contributed by atoms with Crippen molar-refractivity contribution in [2.45, 2.75) is 25.8 Å². The lowest BCUT2D eigenvalue weighted by Gasteiger charge is -2.37. The van der Waals surface area contributed by atoms with Crippen LogP contribution in [0.25, 0.3) is 11.3 Å². The first-order valence-corrected chi connectivity index (χ1v) is 9.60. The highest BCUT2D eigenvalue weighted by atomic mass is 16.4. The lowest BCUT2D eigenvalue weighted by molar-refractivity contribution is -0.134. The van der Waals surface area contributed by atoms with Crippen molar-refractivity contribution in [2.24, 2.45) is 5.92 Å². The first-order chi connectivity index (χ1) is 13.8. The third-order valence-electron chi connectivity index (χ3n) is 5.13. The molecule has 1 amide bonds. The van der Waals surface area contributed by atoms with Crippen molar-refractivity contribution in [1.29, 1.82) is 0 Å². The fourth-order valence-electron chi connectivity index (χ4n) is 3.90. The van der Waals surface area contributed by atoms with Gasteiger partial charge in [0.2, 0.25) is 0 Å². The fourth-order valence-corrected chi connectivity index (χ4v) is 3.90. The number of hydrogen-bond donors (Lipinski definition) is 2. The molecule has 0 radical (unpaired) electrons. The number of pyridine rings is 2. The largest absolute Gasteiger partial charge is 0.481 e. The molecule has 8 nitrogen and oxygen atoms in total. The smallest absolute Gasteiger partial charge is 0.300 e. The van der Waals surface area contributed by atoms with Crippen molar-refractivity contribution < 1.29 is 14.7 Å². The molecule has 2 bridgehead atoms. The minimum atomic E-state index is -0.833. The van der Waals surface area contributed by atoms with E-state index >= 15 is 0 Å². The maximum absolute atomic E-state index is 12.7.